The molecule has 3 N–H and O–H groups in total. The van der Waals surface area contributed by atoms with E-state index in [1.54, 1.807) is 0 Å². The maximum absolute atomic E-state index is 13.1. The number of hydrogen-bond donors (Lipinski definition) is 3. The fourth-order valence-electron chi connectivity index (χ4n) is 1.68. The summed E-state index contributed by atoms with van der Waals surface area (Å²) in [6.07, 6.45) is 1.18. The molecule has 0 aromatic heterocycles. The molecule has 0 aliphatic carbocycles. The smallest absolute Gasteiger partial charge is 0.319 e. The van der Waals surface area contributed by atoms with Gasteiger partial charge in [-0.25, -0.2) is 9.18 Å². The van der Waals surface area contributed by atoms with Gasteiger partial charge in [-0.2, -0.15) is 0 Å². The molecule has 0 spiro atoms. The summed E-state index contributed by atoms with van der Waals surface area (Å²) in [7, 11) is 0. The van der Waals surface area contributed by atoms with Crippen molar-refractivity contribution in [3.05, 3.63) is 29.0 Å². The van der Waals surface area contributed by atoms with Crippen molar-refractivity contribution < 1.29 is 19.1 Å². The van der Waals surface area contributed by atoms with Gasteiger partial charge in [0.25, 0.3) is 0 Å². The Morgan fingerprint density at radius 3 is 2.65 bits per heavy atom. The summed E-state index contributed by atoms with van der Waals surface area (Å²) in [6, 6.07) is 3.03. The van der Waals surface area contributed by atoms with Gasteiger partial charge in [0.1, 0.15) is 5.82 Å². The fraction of sp³-hybridized carbons (Fsp3) is 0.385. The Kier molecular flexibility index (Phi) is 6.24. The Morgan fingerprint density at radius 2 is 2.10 bits per heavy atom. The van der Waals surface area contributed by atoms with Gasteiger partial charge in [-0.15, -0.1) is 0 Å². The third-order valence-corrected chi connectivity index (χ3v) is 2.83. The van der Waals surface area contributed by atoms with Crippen molar-refractivity contribution in [2.24, 2.45) is 5.92 Å². The molecule has 1 unspecified atom stereocenters. The maximum atomic E-state index is 13.1. The highest BCUT2D eigenvalue weighted by Gasteiger charge is 2.17. The standard InChI is InChI=1S/C13H16ClFN2O3/c1-2-3-8(12(18)19)7-16-13(20)17-11-5-9(14)4-10(15)6-11/h4-6,8H,2-3,7H2,1H3,(H,18,19)(H2,16,17,20). The Morgan fingerprint density at radius 1 is 1.40 bits per heavy atom. The number of aliphatic carboxylic acids is 1. The van der Waals surface area contributed by atoms with Crippen molar-refractivity contribution in [1.29, 1.82) is 0 Å². The van der Waals surface area contributed by atoms with Gasteiger partial charge in [0.15, 0.2) is 0 Å². The number of carboxylic acids is 1. The summed E-state index contributed by atoms with van der Waals surface area (Å²) in [5, 5.41) is 13.9. The van der Waals surface area contributed by atoms with Crippen LogP contribution >= 0.6 is 11.6 Å². The van der Waals surface area contributed by atoms with Crippen molar-refractivity contribution in [1.82, 2.24) is 5.32 Å². The average Bonchev–Trinajstić information content (AvgIpc) is 2.32. The molecule has 20 heavy (non-hydrogen) atoms. The van der Waals surface area contributed by atoms with Crippen LogP contribution in [-0.2, 0) is 4.79 Å². The number of halogens is 2. The molecule has 1 aromatic carbocycles. The zero-order chi connectivity index (χ0) is 15.1. The summed E-state index contributed by atoms with van der Waals surface area (Å²) >= 11 is 5.65. The largest absolute Gasteiger partial charge is 0.481 e. The van der Waals surface area contributed by atoms with Crippen LogP contribution in [0, 0.1) is 11.7 Å². The Bertz CT molecular complexity index is 476. The highest BCUT2D eigenvalue weighted by molar-refractivity contribution is 6.30. The van der Waals surface area contributed by atoms with E-state index in [1.807, 2.05) is 6.92 Å². The first-order valence-corrected chi connectivity index (χ1v) is 6.54. The number of benzene rings is 1. The van der Waals surface area contributed by atoms with Gasteiger partial charge in [-0.3, -0.25) is 4.79 Å². The van der Waals surface area contributed by atoms with Crippen LogP contribution in [0.5, 0.6) is 0 Å². The van der Waals surface area contributed by atoms with E-state index in [0.717, 1.165) is 12.1 Å². The molecule has 1 atom stereocenters. The molecule has 1 rings (SSSR count). The molecule has 2 amide bonds. The minimum Gasteiger partial charge on any atom is -0.481 e. The molecule has 0 radical (unpaired) electrons. The monoisotopic (exact) mass is 302 g/mol. The number of carbonyl (C=O) groups excluding carboxylic acids is 1. The predicted octanol–water partition coefficient (Wildman–Crippen LogP) is 3.10. The lowest BCUT2D eigenvalue weighted by molar-refractivity contribution is -0.141. The van der Waals surface area contributed by atoms with Crippen molar-refractivity contribution in [2.75, 3.05) is 11.9 Å². The van der Waals surface area contributed by atoms with E-state index in [9.17, 15) is 14.0 Å². The molecule has 5 nitrogen and oxygen atoms in total. The summed E-state index contributed by atoms with van der Waals surface area (Å²) in [5.41, 5.74) is 0.204. The van der Waals surface area contributed by atoms with Crippen LogP contribution in [0.2, 0.25) is 5.02 Å². The van der Waals surface area contributed by atoms with Crippen LogP contribution < -0.4 is 10.6 Å². The second-order valence-corrected chi connectivity index (χ2v) is 4.75. The van der Waals surface area contributed by atoms with Crippen molar-refractivity contribution in [2.45, 2.75) is 19.8 Å². The van der Waals surface area contributed by atoms with E-state index >= 15 is 0 Å². The Hall–Kier alpha value is -1.82. The normalized spacial score (nSPS) is 11.8. The number of nitrogens with one attached hydrogen (secondary N) is 2. The van der Waals surface area contributed by atoms with Crippen LogP contribution in [0.1, 0.15) is 19.8 Å². The third-order valence-electron chi connectivity index (χ3n) is 2.62. The molecular formula is C13H16ClFN2O3. The van der Waals surface area contributed by atoms with E-state index in [0.29, 0.717) is 12.8 Å². The van der Waals surface area contributed by atoms with Crippen molar-refractivity contribution >= 4 is 29.3 Å². The summed E-state index contributed by atoms with van der Waals surface area (Å²) in [6.45, 7) is 1.88. The van der Waals surface area contributed by atoms with E-state index in [1.165, 1.54) is 6.07 Å². The summed E-state index contributed by atoms with van der Waals surface area (Å²) < 4.78 is 13.1. The zero-order valence-corrected chi connectivity index (χ0v) is 11.7. The van der Waals surface area contributed by atoms with Crippen LogP contribution in [-0.4, -0.2) is 23.7 Å². The van der Waals surface area contributed by atoms with Gasteiger partial charge in [0, 0.05) is 17.3 Å². The number of hydrogen-bond acceptors (Lipinski definition) is 2. The Labute approximate surface area is 121 Å². The van der Waals surface area contributed by atoms with Crippen LogP contribution in [0.3, 0.4) is 0 Å². The third kappa shape index (κ3) is 5.44. The number of urea groups is 1. The van der Waals surface area contributed by atoms with Gasteiger partial charge in [-0.05, 0) is 24.6 Å². The topological polar surface area (TPSA) is 78.4 Å². The second kappa shape index (κ2) is 7.69. The maximum Gasteiger partial charge on any atom is 0.319 e. The second-order valence-electron chi connectivity index (χ2n) is 4.32. The molecule has 0 saturated heterocycles. The van der Waals surface area contributed by atoms with Gasteiger partial charge >= 0.3 is 12.0 Å². The van der Waals surface area contributed by atoms with E-state index in [2.05, 4.69) is 10.6 Å². The number of carboxylic acid groups (broad SMARTS) is 1. The Balaban J connectivity index is 2.52. The van der Waals surface area contributed by atoms with Crippen LogP contribution in [0.15, 0.2) is 18.2 Å². The predicted molar refractivity (Wildman–Crippen MR) is 74.5 cm³/mol. The fourth-order valence-corrected chi connectivity index (χ4v) is 1.90. The first-order valence-electron chi connectivity index (χ1n) is 6.16. The number of carbonyl (C=O) groups is 2. The lowest BCUT2D eigenvalue weighted by atomic mass is 10.0. The van der Waals surface area contributed by atoms with Gasteiger partial charge < -0.3 is 15.7 Å². The molecular weight excluding hydrogens is 287 g/mol. The minimum absolute atomic E-state index is 0.0120. The van der Waals surface area contributed by atoms with Gasteiger partial charge in [-0.1, -0.05) is 24.9 Å². The zero-order valence-electron chi connectivity index (χ0n) is 11.0. The first-order chi connectivity index (χ1) is 9.42. The average molecular weight is 303 g/mol. The SMILES string of the molecule is CCCC(CNC(=O)Nc1cc(F)cc(Cl)c1)C(=O)O. The molecule has 0 aliphatic heterocycles. The number of amides is 2. The van der Waals surface area contributed by atoms with Crippen LogP contribution in [0.4, 0.5) is 14.9 Å². The number of anilines is 1. The minimum atomic E-state index is -0.957. The quantitative estimate of drug-likeness (QED) is 0.755. The molecule has 1 aromatic rings. The summed E-state index contributed by atoms with van der Waals surface area (Å²) in [4.78, 5) is 22.5. The van der Waals surface area contributed by atoms with Gasteiger partial charge in [0.2, 0.25) is 0 Å². The van der Waals surface area contributed by atoms with E-state index in [-0.39, 0.29) is 17.3 Å². The van der Waals surface area contributed by atoms with E-state index < -0.39 is 23.7 Å². The molecule has 7 heteroatoms. The molecule has 0 saturated carbocycles. The lowest BCUT2D eigenvalue weighted by Crippen LogP contribution is -2.35. The van der Waals surface area contributed by atoms with Crippen molar-refractivity contribution in [3.8, 4) is 0 Å². The van der Waals surface area contributed by atoms with E-state index in [4.69, 9.17) is 16.7 Å². The lowest BCUT2D eigenvalue weighted by Gasteiger charge is -2.13. The first kappa shape index (κ1) is 16.2. The van der Waals surface area contributed by atoms with Crippen molar-refractivity contribution in [3.63, 3.8) is 0 Å². The summed E-state index contributed by atoms with van der Waals surface area (Å²) in [5.74, 6) is -2.16. The van der Waals surface area contributed by atoms with Gasteiger partial charge in [0.05, 0.1) is 5.92 Å². The molecule has 110 valence electrons. The molecule has 0 bridgehead atoms. The number of rotatable bonds is 6. The molecule has 0 aliphatic rings. The highest BCUT2D eigenvalue weighted by Crippen LogP contribution is 2.17. The molecule has 0 fully saturated rings. The highest BCUT2D eigenvalue weighted by atomic mass is 35.5. The van der Waals surface area contributed by atoms with Crippen LogP contribution in [0.25, 0.3) is 0 Å². The molecule has 0 heterocycles.